The zero-order valence-corrected chi connectivity index (χ0v) is 10.6. The van der Waals surface area contributed by atoms with E-state index in [4.69, 9.17) is 0 Å². The highest BCUT2D eigenvalue weighted by Crippen LogP contribution is 2.45. The van der Waals surface area contributed by atoms with Gasteiger partial charge in [0.25, 0.3) is 0 Å². The van der Waals surface area contributed by atoms with Gasteiger partial charge in [-0.05, 0) is 56.8 Å². The molecule has 2 rings (SSSR count). The summed E-state index contributed by atoms with van der Waals surface area (Å²) >= 11 is 0. The minimum Gasteiger partial charge on any atom is -0.0850 e. The van der Waals surface area contributed by atoms with E-state index in [1.54, 1.807) is 11.1 Å². The van der Waals surface area contributed by atoms with Crippen LogP contribution < -0.4 is 0 Å². The van der Waals surface area contributed by atoms with E-state index in [-0.39, 0.29) is 0 Å². The molecule has 0 heteroatoms. The van der Waals surface area contributed by atoms with E-state index in [0.29, 0.717) is 0 Å². The summed E-state index contributed by atoms with van der Waals surface area (Å²) in [6, 6.07) is 0. The number of fused-ring (bicyclic) bond motifs is 1. The van der Waals surface area contributed by atoms with Crippen LogP contribution >= 0.6 is 0 Å². The second-order valence-corrected chi connectivity index (χ2v) is 5.83. The molecule has 0 bridgehead atoms. The number of rotatable bonds is 1. The maximum Gasteiger partial charge on any atom is -0.0132 e. The van der Waals surface area contributed by atoms with E-state index < -0.39 is 0 Å². The fraction of sp³-hybridized carbons (Fsp3) is 0.733. The fourth-order valence-corrected chi connectivity index (χ4v) is 3.40. The summed E-state index contributed by atoms with van der Waals surface area (Å²) in [4.78, 5) is 0. The molecule has 0 amide bonds. The molecule has 0 spiro atoms. The Morgan fingerprint density at radius 3 is 2.67 bits per heavy atom. The lowest BCUT2D eigenvalue weighted by Gasteiger charge is -2.41. The van der Waals surface area contributed by atoms with E-state index >= 15 is 0 Å². The molecule has 0 nitrogen and oxygen atoms in total. The lowest BCUT2D eigenvalue weighted by molar-refractivity contribution is 0.210. The van der Waals surface area contributed by atoms with Crippen molar-refractivity contribution >= 4 is 0 Å². The molecule has 0 fully saturated rings. The topological polar surface area (TPSA) is 0 Å². The van der Waals surface area contributed by atoms with Crippen LogP contribution in [0.5, 0.6) is 0 Å². The van der Waals surface area contributed by atoms with Crippen LogP contribution in [0.1, 0.15) is 47.0 Å². The Balaban J connectivity index is 2.28. The molecule has 0 aromatic carbocycles. The standard InChI is InChI=1S/C15H24/c1-10(2)13-8-6-12(4)14-7-5-11(3)9-15(13)14/h6,9-10,13-15H,5,7-8H2,1-4H3/t13-,14?,15?/m0/s1. The summed E-state index contributed by atoms with van der Waals surface area (Å²) in [6.07, 6.45) is 9.08. The largest absolute Gasteiger partial charge is 0.0850 e. The third-order valence-electron chi connectivity index (χ3n) is 4.44. The van der Waals surface area contributed by atoms with E-state index in [1.807, 2.05) is 0 Å². The van der Waals surface area contributed by atoms with E-state index in [0.717, 1.165) is 23.7 Å². The first-order chi connectivity index (χ1) is 7.09. The quantitative estimate of drug-likeness (QED) is 0.548. The molecule has 2 unspecified atom stereocenters. The average Bonchev–Trinajstić information content (AvgIpc) is 2.17. The van der Waals surface area contributed by atoms with Gasteiger partial charge in [0.1, 0.15) is 0 Å². The minimum absolute atomic E-state index is 0.823. The maximum absolute atomic E-state index is 2.58. The van der Waals surface area contributed by atoms with E-state index in [9.17, 15) is 0 Å². The van der Waals surface area contributed by atoms with Gasteiger partial charge in [-0.15, -0.1) is 0 Å². The third-order valence-corrected chi connectivity index (χ3v) is 4.44. The monoisotopic (exact) mass is 204 g/mol. The van der Waals surface area contributed by atoms with Crippen LogP contribution in [0.3, 0.4) is 0 Å². The Bertz CT molecular complexity index is 293. The second-order valence-electron chi connectivity index (χ2n) is 5.83. The van der Waals surface area contributed by atoms with Gasteiger partial charge in [0.2, 0.25) is 0 Å². The SMILES string of the molecule is CC1=CC2C(CC1)C(C)=CC[C@H]2C(C)C. The summed E-state index contributed by atoms with van der Waals surface area (Å²) in [5.41, 5.74) is 3.28. The molecule has 15 heavy (non-hydrogen) atoms. The normalized spacial score (nSPS) is 35.9. The maximum atomic E-state index is 2.58. The van der Waals surface area contributed by atoms with Gasteiger partial charge in [0.15, 0.2) is 0 Å². The van der Waals surface area contributed by atoms with Crippen molar-refractivity contribution in [2.45, 2.75) is 47.0 Å². The number of hydrogen-bond acceptors (Lipinski definition) is 0. The van der Waals surface area contributed by atoms with E-state index in [1.165, 1.54) is 19.3 Å². The molecule has 2 aliphatic carbocycles. The minimum atomic E-state index is 0.823. The van der Waals surface area contributed by atoms with Gasteiger partial charge in [0, 0.05) is 0 Å². The van der Waals surface area contributed by atoms with Crippen LogP contribution in [0, 0.1) is 23.7 Å². The molecule has 0 saturated heterocycles. The van der Waals surface area contributed by atoms with Crippen LogP contribution in [0.2, 0.25) is 0 Å². The molecule has 0 saturated carbocycles. The fourth-order valence-electron chi connectivity index (χ4n) is 3.40. The first-order valence-electron chi connectivity index (χ1n) is 6.43. The Hall–Kier alpha value is -0.520. The predicted octanol–water partition coefficient (Wildman–Crippen LogP) is 4.58. The van der Waals surface area contributed by atoms with Crippen molar-refractivity contribution in [2.75, 3.05) is 0 Å². The molecule has 0 radical (unpaired) electrons. The van der Waals surface area contributed by atoms with Crippen molar-refractivity contribution in [2.24, 2.45) is 23.7 Å². The number of hydrogen-bond donors (Lipinski definition) is 0. The first kappa shape index (κ1) is 11.0. The lowest BCUT2D eigenvalue weighted by atomic mass is 9.64. The third kappa shape index (κ3) is 2.04. The van der Waals surface area contributed by atoms with Gasteiger partial charge in [-0.2, -0.15) is 0 Å². The summed E-state index contributed by atoms with van der Waals surface area (Å²) < 4.78 is 0. The molecule has 0 aromatic heterocycles. The first-order valence-corrected chi connectivity index (χ1v) is 6.43. The lowest BCUT2D eigenvalue weighted by Crippen LogP contribution is -2.31. The second kappa shape index (κ2) is 4.15. The summed E-state index contributed by atoms with van der Waals surface area (Å²) in [6.45, 7) is 9.41. The van der Waals surface area contributed by atoms with Crippen molar-refractivity contribution in [1.82, 2.24) is 0 Å². The zero-order chi connectivity index (χ0) is 11.0. The summed E-state index contributed by atoms with van der Waals surface area (Å²) in [7, 11) is 0. The van der Waals surface area contributed by atoms with Crippen LogP contribution in [0.25, 0.3) is 0 Å². The van der Waals surface area contributed by atoms with Crippen molar-refractivity contribution < 1.29 is 0 Å². The van der Waals surface area contributed by atoms with Crippen LogP contribution in [0.4, 0.5) is 0 Å². The van der Waals surface area contributed by atoms with Crippen LogP contribution in [-0.4, -0.2) is 0 Å². The Morgan fingerprint density at radius 2 is 2.00 bits per heavy atom. The summed E-state index contributed by atoms with van der Waals surface area (Å²) in [5, 5.41) is 0. The van der Waals surface area contributed by atoms with Crippen molar-refractivity contribution in [1.29, 1.82) is 0 Å². The molecular weight excluding hydrogens is 180 g/mol. The predicted molar refractivity (Wildman–Crippen MR) is 66.7 cm³/mol. The average molecular weight is 204 g/mol. The van der Waals surface area contributed by atoms with Crippen molar-refractivity contribution in [3.8, 4) is 0 Å². The van der Waals surface area contributed by atoms with Crippen LogP contribution in [-0.2, 0) is 0 Å². The molecule has 0 heterocycles. The van der Waals surface area contributed by atoms with Crippen molar-refractivity contribution in [3.63, 3.8) is 0 Å². The van der Waals surface area contributed by atoms with Gasteiger partial charge < -0.3 is 0 Å². The molecule has 0 aromatic rings. The van der Waals surface area contributed by atoms with Crippen LogP contribution in [0.15, 0.2) is 23.3 Å². The molecular formula is C15H24. The Kier molecular flexibility index (Phi) is 3.04. The van der Waals surface area contributed by atoms with Gasteiger partial charge in [-0.25, -0.2) is 0 Å². The Labute approximate surface area is 94.5 Å². The molecule has 2 aliphatic rings. The zero-order valence-electron chi connectivity index (χ0n) is 10.6. The Morgan fingerprint density at radius 1 is 1.27 bits per heavy atom. The molecule has 3 atom stereocenters. The van der Waals surface area contributed by atoms with Gasteiger partial charge in [-0.3, -0.25) is 0 Å². The van der Waals surface area contributed by atoms with Crippen molar-refractivity contribution in [3.05, 3.63) is 23.3 Å². The molecule has 0 N–H and O–H groups in total. The van der Waals surface area contributed by atoms with Gasteiger partial charge in [-0.1, -0.05) is 37.1 Å². The molecule has 0 aliphatic heterocycles. The highest BCUT2D eigenvalue weighted by Gasteiger charge is 2.34. The van der Waals surface area contributed by atoms with Gasteiger partial charge in [0.05, 0.1) is 0 Å². The highest BCUT2D eigenvalue weighted by atomic mass is 14.4. The van der Waals surface area contributed by atoms with Gasteiger partial charge >= 0.3 is 0 Å². The van der Waals surface area contributed by atoms with E-state index in [2.05, 4.69) is 39.8 Å². The number of allylic oxidation sites excluding steroid dienone is 4. The summed E-state index contributed by atoms with van der Waals surface area (Å²) in [5.74, 6) is 3.40. The molecule has 84 valence electrons. The highest BCUT2D eigenvalue weighted by molar-refractivity contribution is 5.20. The smallest absolute Gasteiger partial charge is 0.0132 e.